The van der Waals surface area contributed by atoms with E-state index >= 15 is 0 Å². The number of carbonyl (C=O) groups excluding carboxylic acids is 2. The van der Waals surface area contributed by atoms with E-state index in [9.17, 15) is 19.9 Å². The smallest absolute Gasteiger partial charge is 0.323 e. The fraction of sp³-hybridized carbons (Fsp3) is 0.475. The Morgan fingerprint density at radius 1 is 1.05 bits per heavy atom. The molecule has 1 aromatic carbocycles. The fourth-order valence-corrected chi connectivity index (χ4v) is 7.37. The van der Waals surface area contributed by atoms with Gasteiger partial charge < -0.3 is 37.0 Å². The maximum absolute atomic E-state index is 12.5. The molecule has 15 heteroatoms. The third kappa shape index (κ3) is 8.78. The summed E-state index contributed by atoms with van der Waals surface area (Å²) in [5.41, 5.74) is 18.5. The molecule has 0 spiro atoms. The number of carbonyl (C=O) groups is 2. The predicted octanol–water partition coefficient (Wildman–Crippen LogP) is 3.83. The van der Waals surface area contributed by atoms with E-state index in [1.807, 2.05) is 31.4 Å². The average molecular weight is 755 g/mol. The zero-order valence-corrected chi connectivity index (χ0v) is 32.6. The molecular weight excluding hydrogens is 699 g/mol. The molecule has 1 atom stereocenters. The van der Waals surface area contributed by atoms with E-state index in [2.05, 4.69) is 50.1 Å². The van der Waals surface area contributed by atoms with Gasteiger partial charge in [0.15, 0.2) is 0 Å². The highest BCUT2D eigenvalue weighted by atomic mass is 16.5. The minimum atomic E-state index is -0.254. The molecule has 2 aliphatic carbocycles. The Balaban J connectivity index is 0.000000951. The molecule has 3 fully saturated rings. The van der Waals surface area contributed by atoms with E-state index in [0.29, 0.717) is 17.9 Å². The van der Waals surface area contributed by atoms with Crippen LogP contribution in [0.25, 0.3) is 11.1 Å². The van der Waals surface area contributed by atoms with E-state index in [1.54, 1.807) is 26.2 Å². The monoisotopic (exact) mass is 754 g/mol. The first kappa shape index (κ1) is 39.3. The zero-order valence-electron chi connectivity index (χ0n) is 32.6. The summed E-state index contributed by atoms with van der Waals surface area (Å²) in [5, 5.41) is 32.0. The van der Waals surface area contributed by atoms with Crippen molar-refractivity contribution in [2.24, 2.45) is 22.4 Å². The largest absolute Gasteiger partial charge is 0.513 e. The lowest BCUT2D eigenvalue weighted by atomic mass is 9.91. The molecule has 0 radical (unpaired) electrons. The third-order valence-electron chi connectivity index (χ3n) is 10.8. The highest BCUT2D eigenvalue weighted by Gasteiger charge is 2.36. The molecule has 3 aromatic rings. The van der Waals surface area contributed by atoms with Crippen molar-refractivity contribution in [1.82, 2.24) is 24.9 Å². The number of likely N-dealkylation sites (tertiary alicyclic amines) is 1. The molecular formula is C40H56N11O4+. The minimum absolute atomic E-state index is 0.0110. The number of hydrogen-bond donors (Lipinski definition) is 6. The molecule has 2 aliphatic heterocycles. The molecule has 55 heavy (non-hydrogen) atoms. The predicted molar refractivity (Wildman–Crippen MR) is 213 cm³/mol. The summed E-state index contributed by atoms with van der Waals surface area (Å²) in [6.07, 6.45) is 11.3. The van der Waals surface area contributed by atoms with Crippen LogP contribution in [0.4, 0.5) is 11.4 Å². The van der Waals surface area contributed by atoms with Crippen molar-refractivity contribution in [3.63, 3.8) is 0 Å². The number of benzene rings is 1. The summed E-state index contributed by atoms with van der Waals surface area (Å²) in [4.78, 5) is 34.8. The summed E-state index contributed by atoms with van der Waals surface area (Å²) in [5.74, 6) is -0.554. The summed E-state index contributed by atoms with van der Waals surface area (Å²) >= 11 is 0. The number of anilines is 2. The number of aliphatic imine (C=N–C) groups is 1. The lowest BCUT2D eigenvalue weighted by molar-refractivity contribution is -0.911. The molecule has 1 unspecified atom stereocenters. The zero-order chi connectivity index (χ0) is 39.4. The Kier molecular flexibility index (Phi) is 12.1. The van der Waals surface area contributed by atoms with Gasteiger partial charge in [-0.3, -0.25) is 24.4 Å². The van der Waals surface area contributed by atoms with Crippen LogP contribution in [0.3, 0.4) is 0 Å². The molecule has 15 nitrogen and oxygen atoms in total. The van der Waals surface area contributed by atoms with E-state index in [0.717, 1.165) is 84.7 Å². The summed E-state index contributed by atoms with van der Waals surface area (Å²) in [7, 11) is 7.41. The highest BCUT2D eigenvalue weighted by Crippen LogP contribution is 2.49. The SMILES string of the molecule is CCC1c2c(cnn2C2CCN(Cc3cccc(C(=O)N(C)C)[n+]3O)CC2)-c2cccc(NC(=C/C(N)=NC(=O)C3CC3)/C(N)=C\O)c2N1C.CNC1CC1. The van der Waals surface area contributed by atoms with Gasteiger partial charge in [0.1, 0.15) is 12.1 Å². The van der Waals surface area contributed by atoms with Crippen LogP contribution in [0.1, 0.15) is 85.8 Å². The number of fused-ring (bicyclic) bond motifs is 3. The number of aromatic nitrogens is 3. The molecule has 7 rings (SSSR count). The second kappa shape index (κ2) is 16.9. The number of nitrogens with two attached hydrogens (primary N) is 2. The van der Waals surface area contributed by atoms with Crippen molar-refractivity contribution in [2.45, 2.75) is 76.5 Å². The number of para-hydroxylation sites is 1. The molecule has 4 aliphatic rings. The Bertz CT molecular complexity index is 1970. The van der Waals surface area contributed by atoms with Gasteiger partial charge in [0.25, 0.3) is 5.91 Å². The van der Waals surface area contributed by atoms with Crippen LogP contribution < -0.4 is 31.7 Å². The van der Waals surface area contributed by atoms with Crippen molar-refractivity contribution in [1.29, 1.82) is 0 Å². The number of piperidine rings is 1. The Morgan fingerprint density at radius 2 is 1.76 bits per heavy atom. The third-order valence-corrected chi connectivity index (χ3v) is 10.8. The van der Waals surface area contributed by atoms with Gasteiger partial charge in [-0.2, -0.15) is 10.1 Å². The number of hydrogen-bond acceptors (Lipinski definition) is 10. The van der Waals surface area contributed by atoms with Crippen LogP contribution in [0.2, 0.25) is 0 Å². The number of amides is 2. The van der Waals surface area contributed by atoms with Crippen molar-refractivity contribution >= 4 is 29.0 Å². The van der Waals surface area contributed by atoms with Gasteiger partial charge in [0.2, 0.25) is 5.69 Å². The summed E-state index contributed by atoms with van der Waals surface area (Å²) < 4.78 is 3.21. The first-order valence-corrected chi connectivity index (χ1v) is 19.2. The topological polar surface area (TPSA) is 194 Å². The van der Waals surface area contributed by atoms with Gasteiger partial charge in [0, 0.05) is 80.3 Å². The number of rotatable bonds is 11. The Morgan fingerprint density at radius 3 is 2.36 bits per heavy atom. The van der Waals surface area contributed by atoms with Crippen LogP contribution >= 0.6 is 0 Å². The number of aliphatic hydroxyl groups is 1. The van der Waals surface area contributed by atoms with Crippen molar-refractivity contribution in [3.8, 4) is 11.1 Å². The number of pyridine rings is 1. The number of aliphatic hydroxyl groups excluding tert-OH is 1. The van der Waals surface area contributed by atoms with Crippen LogP contribution in [0.5, 0.6) is 0 Å². The summed E-state index contributed by atoms with van der Waals surface area (Å²) in [6, 6.07) is 12.4. The van der Waals surface area contributed by atoms with E-state index in [4.69, 9.17) is 16.6 Å². The second-order valence-corrected chi connectivity index (χ2v) is 15.0. The van der Waals surface area contributed by atoms with E-state index in [-0.39, 0.29) is 47.0 Å². The maximum atomic E-state index is 12.5. The van der Waals surface area contributed by atoms with Gasteiger partial charge >= 0.3 is 11.6 Å². The van der Waals surface area contributed by atoms with Gasteiger partial charge in [-0.25, -0.2) is 0 Å². The molecule has 1 saturated heterocycles. The molecule has 294 valence electrons. The van der Waals surface area contributed by atoms with Gasteiger partial charge in [-0.05, 0) is 64.1 Å². The van der Waals surface area contributed by atoms with Crippen LogP contribution in [-0.4, -0.2) is 94.9 Å². The molecule has 8 N–H and O–H groups in total. The van der Waals surface area contributed by atoms with E-state index < -0.39 is 0 Å². The molecule has 0 bridgehead atoms. The van der Waals surface area contributed by atoms with Crippen LogP contribution in [0, 0.1) is 5.92 Å². The van der Waals surface area contributed by atoms with Gasteiger partial charge in [0.05, 0.1) is 53.3 Å². The fourth-order valence-electron chi connectivity index (χ4n) is 7.37. The Labute approximate surface area is 322 Å². The Hall–Kier alpha value is -5.41. The van der Waals surface area contributed by atoms with Crippen molar-refractivity contribution < 1.29 is 24.6 Å². The second-order valence-electron chi connectivity index (χ2n) is 15.0. The molecule has 2 saturated carbocycles. The number of nitrogens with zero attached hydrogens (tertiary/aromatic N) is 7. The van der Waals surface area contributed by atoms with Gasteiger partial charge in [-0.1, -0.05) is 19.1 Å². The molecule has 2 amide bonds. The maximum Gasteiger partial charge on any atom is 0.323 e. The lowest BCUT2D eigenvalue weighted by Crippen LogP contribution is -2.47. The van der Waals surface area contributed by atoms with E-state index in [1.165, 1.54) is 29.5 Å². The first-order chi connectivity index (χ1) is 26.4. The normalized spacial score (nSPS) is 19.3. The minimum Gasteiger partial charge on any atom is -0.513 e. The average Bonchev–Trinajstić information content (AvgIpc) is 4.13. The lowest BCUT2D eigenvalue weighted by Gasteiger charge is -2.39. The first-order valence-electron chi connectivity index (χ1n) is 19.2. The standard InChI is InChI=1S/C36H46N10O4.C4H9N/c1-5-30-34-26(19-39-45(34)23-14-16-44(17-15-23)20-24-8-6-11-31(46(24)50)36(49)42(2)3)25-9-7-10-28(33(25)43(30)4)40-29(27(37)21-47)18-32(38)41-35(48)22-12-13-22;1-5-4-2-3-4/h6-11,18-19,21-23,30,37,50H,5,12-17,20H2,1-4H3,(H4,38,40,41,48,49);4-5H,2-3H2,1H3/p+1. The molecule has 4 heterocycles. The number of nitrogens with one attached hydrogen (secondary N) is 2. The number of amidine groups is 1. The van der Waals surface area contributed by atoms with Crippen molar-refractivity contribution in [3.05, 3.63) is 83.4 Å². The van der Waals surface area contributed by atoms with Crippen LogP contribution in [-0.2, 0) is 11.3 Å². The summed E-state index contributed by atoms with van der Waals surface area (Å²) in [6.45, 7) is 4.32. The van der Waals surface area contributed by atoms with Crippen LogP contribution in [0.15, 0.2) is 71.3 Å². The quantitative estimate of drug-likeness (QED) is 0.0416. The molecule has 2 aromatic heterocycles. The van der Waals surface area contributed by atoms with Gasteiger partial charge in [-0.15, -0.1) is 0 Å². The van der Waals surface area contributed by atoms with Crippen molar-refractivity contribution in [2.75, 3.05) is 51.5 Å². The highest BCUT2D eigenvalue weighted by molar-refractivity contribution is 6.02.